The zero-order valence-electron chi connectivity index (χ0n) is 12.8. The first-order valence-corrected chi connectivity index (χ1v) is 8.45. The van der Waals surface area contributed by atoms with Gasteiger partial charge >= 0.3 is 0 Å². The van der Waals surface area contributed by atoms with Crippen LogP contribution in [0.1, 0.15) is 36.8 Å². The highest BCUT2D eigenvalue weighted by Gasteiger charge is 2.12. The summed E-state index contributed by atoms with van der Waals surface area (Å²) >= 11 is 7.95. The summed E-state index contributed by atoms with van der Waals surface area (Å²) in [6.07, 6.45) is 3.11. The van der Waals surface area contributed by atoms with Crippen LogP contribution in [0.15, 0.2) is 30.5 Å². The Morgan fingerprint density at radius 2 is 2.14 bits per heavy atom. The van der Waals surface area contributed by atoms with Gasteiger partial charge < -0.3 is 10.2 Å². The van der Waals surface area contributed by atoms with Gasteiger partial charge in [-0.3, -0.25) is 0 Å². The molecular formula is C16H22ClN3S. The Morgan fingerprint density at radius 3 is 2.86 bits per heavy atom. The molecule has 0 bridgehead atoms. The second-order valence-corrected chi connectivity index (χ2v) is 6.62. The van der Waals surface area contributed by atoms with Crippen molar-refractivity contribution in [2.24, 2.45) is 0 Å². The predicted molar refractivity (Wildman–Crippen MR) is 92.4 cm³/mol. The molecule has 1 unspecified atom stereocenters. The quantitative estimate of drug-likeness (QED) is 0.813. The van der Waals surface area contributed by atoms with E-state index in [1.54, 1.807) is 11.3 Å². The third-order valence-electron chi connectivity index (χ3n) is 3.33. The molecular weight excluding hydrogens is 302 g/mol. The van der Waals surface area contributed by atoms with Crippen molar-refractivity contribution >= 4 is 28.1 Å². The summed E-state index contributed by atoms with van der Waals surface area (Å²) in [5.74, 6) is 0. The summed E-state index contributed by atoms with van der Waals surface area (Å²) in [6.45, 7) is 6.16. The van der Waals surface area contributed by atoms with E-state index in [-0.39, 0.29) is 0 Å². The largest absolute Gasteiger partial charge is 0.347 e. The third-order valence-corrected chi connectivity index (χ3v) is 4.99. The molecule has 0 fully saturated rings. The number of aromatic nitrogens is 1. The van der Waals surface area contributed by atoms with Gasteiger partial charge in [0.25, 0.3) is 0 Å². The first-order chi connectivity index (χ1) is 10.1. The normalized spacial score (nSPS) is 12.4. The molecule has 1 atom stereocenters. The molecule has 1 heterocycles. The lowest BCUT2D eigenvalue weighted by Gasteiger charge is -2.16. The lowest BCUT2D eigenvalue weighted by molar-refractivity contribution is 0.577. The first-order valence-electron chi connectivity index (χ1n) is 7.25. The third kappa shape index (κ3) is 4.43. The van der Waals surface area contributed by atoms with Crippen molar-refractivity contribution in [1.82, 2.24) is 10.3 Å². The van der Waals surface area contributed by atoms with Gasteiger partial charge in [-0.25, -0.2) is 4.98 Å². The molecule has 3 nitrogen and oxygen atoms in total. The SMILES string of the molecule is CCCNC(C)c1cnc(N(C)Cc2ccccc2Cl)s1. The summed E-state index contributed by atoms with van der Waals surface area (Å²) in [6, 6.07) is 8.30. The van der Waals surface area contributed by atoms with E-state index in [4.69, 9.17) is 11.6 Å². The van der Waals surface area contributed by atoms with Gasteiger partial charge in [0, 0.05) is 35.7 Å². The van der Waals surface area contributed by atoms with E-state index in [1.807, 2.05) is 24.4 Å². The summed E-state index contributed by atoms with van der Waals surface area (Å²) in [4.78, 5) is 7.94. The van der Waals surface area contributed by atoms with E-state index < -0.39 is 0 Å². The van der Waals surface area contributed by atoms with Gasteiger partial charge in [-0.15, -0.1) is 11.3 Å². The van der Waals surface area contributed by atoms with Crippen LogP contribution in [-0.2, 0) is 6.54 Å². The Bertz CT molecular complexity index is 570. The maximum Gasteiger partial charge on any atom is 0.185 e. The van der Waals surface area contributed by atoms with Gasteiger partial charge in [-0.1, -0.05) is 36.7 Å². The highest BCUT2D eigenvalue weighted by molar-refractivity contribution is 7.15. The lowest BCUT2D eigenvalue weighted by Crippen LogP contribution is -2.18. The Hall–Kier alpha value is -1.10. The summed E-state index contributed by atoms with van der Waals surface area (Å²) in [7, 11) is 2.05. The Kier molecular flexibility index (Phi) is 6.03. The van der Waals surface area contributed by atoms with Gasteiger partial charge in [0.05, 0.1) is 0 Å². The smallest absolute Gasteiger partial charge is 0.185 e. The molecule has 114 valence electrons. The van der Waals surface area contributed by atoms with E-state index in [9.17, 15) is 0 Å². The van der Waals surface area contributed by atoms with Crippen LogP contribution in [0.25, 0.3) is 0 Å². The number of hydrogen-bond donors (Lipinski definition) is 1. The fourth-order valence-corrected chi connectivity index (χ4v) is 3.16. The standard InChI is InChI=1S/C16H22ClN3S/c1-4-9-18-12(2)15-10-19-16(21-15)20(3)11-13-7-5-6-8-14(13)17/h5-8,10,12,18H,4,9,11H2,1-3H3. The van der Waals surface area contributed by atoms with Crippen LogP contribution in [0.5, 0.6) is 0 Å². The number of thiazole rings is 1. The number of nitrogens with one attached hydrogen (secondary N) is 1. The molecule has 0 amide bonds. The zero-order chi connectivity index (χ0) is 15.2. The van der Waals surface area contributed by atoms with Gasteiger partial charge in [-0.2, -0.15) is 0 Å². The highest BCUT2D eigenvalue weighted by Crippen LogP contribution is 2.28. The molecule has 5 heteroatoms. The molecule has 0 radical (unpaired) electrons. The van der Waals surface area contributed by atoms with Crippen molar-refractivity contribution < 1.29 is 0 Å². The molecule has 2 rings (SSSR count). The molecule has 0 spiro atoms. The van der Waals surface area contributed by atoms with E-state index in [2.05, 4.69) is 42.2 Å². The van der Waals surface area contributed by atoms with Crippen molar-refractivity contribution in [3.8, 4) is 0 Å². The van der Waals surface area contributed by atoms with Gasteiger partial charge in [0.2, 0.25) is 0 Å². The number of halogens is 1. The minimum Gasteiger partial charge on any atom is -0.347 e. The summed E-state index contributed by atoms with van der Waals surface area (Å²) in [5, 5.41) is 5.32. The molecule has 0 saturated carbocycles. The van der Waals surface area contributed by atoms with Crippen LogP contribution in [-0.4, -0.2) is 18.6 Å². The maximum atomic E-state index is 6.21. The van der Waals surface area contributed by atoms with Crippen LogP contribution >= 0.6 is 22.9 Å². The average molecular weight is 324 g/mol. The lowest BCUT2D eigenvalue weighted by atomic mass is 10.2. The number of benzene rings is 1. The minimum absolute atomic E-state index is 0.352. The number of anilines is 1. The monoisotopic (exact) mass is 323 g/mol. The van der Waals surface area contributed by atoms with Crippen LogP contribution in [0.2, 0.25) is 5.02 Å². The fourth-order valence-electron chi connectivity index (χ4n) is 2.06. The summed E-state index contributed by atoms with van der Waals surface area (Å²) in [5.41, 5.74) is 1.12. The zero-order valence-corrected chi connectivity index (χ0v) is 14.3. The first kappa shape index (κ1) is 16.3. The second-order valence-electron chi connectivity index (χ2n) is 5.17. The van der Waals surface area contributed by atoms with E-state index >= 15 is 0 Å². The van der Waals surface area contributed by atoms with E-state index in [0.717, 1.165) is 35.2 Å². The minimum atomic E-state index is 0.352. The number of rotatable bonds is 7. The predicted octanol–water partition coefficient (Wildman–Crippen LogP) is 4.49. The molecule has 0 saturated heterocycles. The number of hydrogen-bond acceptors (Lipinski definition) is 4. The highest BCUT2D eigenvalue weighted by atomic mass is 35.5. The van der Waals surface area contributed by atoms with Crippen LogP contribution in [0, 0.1) is 0 Å². The fraction of sp³-hybridized carbons (Fsp3) is 0.438. The van der Waals surface area contributed by atoms with E-state index in [1.165, 1.54) is 4.88 Å². The van der Waals surface area contributed by atoms with Gasteiger partial charge in [-0.05, 0) is 31.5 Å². The van der Waals surface area contributed by atoms with Gasteiger partial charge in [0.1, 0.15) is 0 Å². The Morgan fingerprint density at radius 1 is 1.38 bits per heavy atom. The molecule has 1 aromatic heterocycles. The average Bonchev–Trinajstić information content (AvgIpc) is 2.97. The van der Waals surface area contributed by atoms with E-state index in [0.29, 0.717) is 6.04 Å². The summed E-state index contributed by atoms with van der Waals surface area (Å²) < 4.78 is 0. The molecule has 2 aromatic rings. The topological polar surface area (TPSA) is 28.2 Å². The Labute approximate surface area is 136 Å². The van der Waals surface area contributed by atoms with Crippen molar-refractivity contribution in [2.75, 3.05) is 18.5 Å². The van der Waals surface area contributed by atoms with Crippen molar-refractivity contribution in [3.63, 3.8) is 0 Å². The molecule has 1 N–H and O–H groups in total. The van der Waals surface area contributed by atoms with Gasteiger partial charge in [0.15, 0.2) is 5.13 Å². The molecule has 21 heavy (non-hydrogen) atoms. The molecule has 0 aliphatic heterocycles. The molecule has 0 aliphatic rings. The van der Waals surface area contributed by atoms with Crippen LogP contribution in [0.3, 0.4) is 0 Å². The molecule has 1 aromatic carbocycles. The second kappa shape index (κ2) is 7.78. The molecule has 0 aliphatic carbocycles. The van der Waals surface area contributed by atoms with Crippen LogP contribution in [0.4, 0.5) is 5.13 Å². The number of nitrogens with zero attached hydrogens (tertiary/aromatic N) is 2. The van der Waals surface area contributed by atoms with Crippen molar-refractivity contribution in [2.45, 2.75) is 32.9 Å². The van der Waals surface area contributed by atoms with Crippen molar-refractivity contribution in [3.05, 3.63) is 45.9 Å². The maximum absolute atomic E-state index is 6.21. The van der Waals surface area contributed by atoms with Crippen molar-refractivity contribution in [1.29, 1.82) is 0 Å². The Balaban J connectivity index is 2.02. The van der Waals surface area contributed by atoms with Crippen LogP contribution < -0.4 is 10.2 Å².